The molecule has 3 aromatic rings. The van der Waals surface area contributed by atoms with Crippen molar-refractivity contribution in [3.05, 3.63) is 67.1 Å². The molecule has 0 spiro atoms. The average molecular weight is 220 g/mol. The summed E-state index contributed by atoms with van der Waals surface area (Å²) in [5, 5.41) is 0. The molecule has 0 saturated heterocycles. The molecule has 0 aliphatic heterocycles. The normalized spacial score (nSPS) is 10.4. The average Bonchev–Trinajstić information content (AvgIpc) is 2.94. The second-order valence-electron chi connectivity index (χ2n) is 3.90. The minimum Gasteiger partial charge on any atom is -0.361 e. The van der Waals surface area contributed by atoms with Gasteiger partial charge in [-0.1, -0.05) is 30.3 Å². The molecule has 0 atom stereocenters. The van der Waals surface area contributed by atoms with Crippen LogP contribution < -0.4 is 0 Å². The van der Waals surface area contributed by atoms with Crippen LogP contribution in [0.2, 0.25) is 0 Å². The molecule has 2 aromatic heterocycles. The number of aromatic amines is 1. The summed E-state index contributed by atoms with van der Waals surface area (Å²) in [7, 11) is 0. The Kier molecular flexibility index (Phi) is 2.47. The van der Waals surface area contributed by atoms with Crippen molar-refractivity contribution in [1.29, 1.82) is 0 Å². The molecular formula is C15H12N2. The minimum atomic E-state index is 1.14. The molecule has 2 heteroatoms. The van der Waals surface area contributed by atoms with E-state index in [-0.39, 0.29) is 0 Å². The van der Waals surface area contributed by atoms with Gasteiger partial charge in [0.15, 0.2) is 0 Å². The first-order chi connectivity index (χ1) is 8.43. The largest absolute Gasteiger partial charge is 0.361 e. The molecule has 17 heavy (non-hydrogen) atoms. The Morgan fingerprint density at radius 2 is 1.59 bits per heavy atom. The lowest BCUT2D eigenvalue weighted by Crippen LogP contribution is -1.80. The first kappa shape index (κ1) is 9.85. The van der Waals surface area contributed by atoms with Crippen LogP contribution >= 0.6 is 0 Å². The first-order valence-electron chi connectivity index (χ1n) is 5.58. The van der Waals surface area contributed by atoms with Gasteiger partial charge in [0.2, 0.25) is 0 Å². The molecule has 0 amide bonds. The second kappa shape index (κ2) is 4.26. The van der Waals surface area contributed by atoms with Crippen LogP contribution in [0.5, 0.6) is 0 Å². The van der Waals surface area contributed by atoms with E-state index in [0.717, 1.165) is 11.3 Å². The van der Waals surface area contributed by atoms with Gasteiger partial charge in [-0.3, -0.25) is 4.98 Å². The number of hydrogen-bond donors (Lipinski definition) is 1. The number of H-pyrrole nitrogens is 1. The maximum Gasteiger partial charge on any atom is 0.0453 e. The number of pyridine rings is 1. The van der Waals surface area contributed by atoms with Gasteiger partial charge in [0, 0.05) is 24.3 Å². The Morgan fingerprint density at radius 1 is 0.765 bits per heavy atom. The summed E-state index contributed by atoms with van der Waals surface area (Å²) in [4.78, 5) is 7.33. The molecule has 82 valence electrons. The number of nitrogens with zero attached hydrogens (tertiary/aromatic N) is 1. The van der Waals surface area contributed by atoms with E-state index >= 15 is 0 Å². The van der Waals surface area contributed by atoms with Crippen LogP contribution in [-0.4, -0.2) is 9.97 Å². The summed E-state index contributed by atoms with van der Waals surface area (Å²) in [6.07, 6.45) is 5.60. The zero-order chi connectivity index (χ0) is 11.5. The Bertz CT molecular complexity index is 581. The molecule has 0 bridgehead atoms. The van der Waals surface area contributed by atoms with E-state index in [2.05, 4.69) is 46.4 Å². The molecule has 0 unspecified atom stereocenters. The van der Waals surface area contributed by atoms with Gasteiger partial charge < -0.3 is 4.98 Å². The van der Waals surface area contributed by atoms with Crippen molar-refractivity contribution in [3.8, 4) is 22.4 Å². The topological polar surface area (TPSA) is 28.7 Å². The van der Waals surface area contributed by atoms with Crippen molar-refractivity contribution in [1.82, 2.24) is 9.97 Å². The van der Waals surface area contributed by atoms with Gasteiger partial charge in [-0.15, -0.1) is 0 Å². The highest BCUT2D eigenvalue weighted by Crippen LogP contribution is 2.22. The van der Waals surface area contributed by atoms with Crippen LogP contribution in [0.4, 0.5) is 0 Å². The number of rotatable bonds is 2. The molecule has 1 N–H and O–H groups in total. The van der Waals surface area contributed by atoms with E-state index in [1.807, 2.05) is 24.5 Å². The third kappa shape index (κ3) is 1.97. The molecule has 0 radical (unpaired) electrons. The number of aromatic nitrogens is 2. The third-order valence-corrected chi connectivity index (χ3v) is 2.79. The Hall–Kier alpha value is -2.35. The van der Waals surface area contributed by atoms with Crippen LogP contribution in [0, 0.1) is 0 Å². The van der Waals surface area contributed by atoms with Crippen LogP contribution in [0.3, 0.4) is 0 Å². The summed E-state index contributed by atoms with van der Waals surface area (Å²) < 4.78 is 0. The van der Waals surface area contributed by atoms with Crippen molar-refractivity contribution >= 4 is 0 Å². The van der Waals surface area contributed by atoms with Crippen molar-refractivity contribution in [2.45, 2.75) is 0 Å². The predicted molar refractivity (Wildman–Crippen MR) is 69.5 cm³/mol. The molecule has 0 saturated carbocycles. The van der Waals surface area contributed by atoms with Crippen molar-refractivity contribution in [2.75, 3.05) is 0 Å². The zero-order valence-electron chi connectivity index (χ0n) is 9.30. The monoisotopic (exact) mass is 220 g/mol. The fraction of sp³-hybridized carbons (Fsp3) is 0. The predicted octanol–water partition coefficient (Wildman–Crippen LogP) is 3.74. The lowest BCUT2D eigenvalue weighted by atomic mass is 10.0. The van der Waals surface area contributed by atoms with Gasteiger partial charge in [-0.05, 0) is 34.9 Å². The van der Waals surface area contributed by atoms with Crippen molar-refractivity contribution < 1.29 is 0 Å². The number of benzene rings is 1. The highest BCUT2D eigenvalue weighted by Gasteiger charge is 1.99. The summed E-state index contributed by atoms with van der Waals surface area (Å²) in [5.74, 6) is 0. The molecular weight excluding hydrogens is 208 g/mol. The van der Waals surface area contributed by atoms with E-state index in [1.54, 1.807) is 6.20 Å². The summed E-state index contributed by atoms with van der Waals surface area (Å²) in [5.41, 5.74) is 4.67. The fourth-order valence-electron chi connectivity index (χ4n) is 1.89. The summed E-state index contributed by atoms with van der Waals surface area (Å²) in [6.45, 7) is 0. The highest BCUT2D eigenvalue weighted by atomic mass is 14.7. The van der Waals surface area contributed by atoms with Crippen LogP contribution in [0.25, 0.3) is 22.4 Å². The smallest absolute Gasteiger partial charge is 0.0453 e. The van der Waals surface area contributed by atoms with Gasteiger partial charge >= 0.3 is 0 Å². The molecule has 0 aliphatic rings. The minimum absolute atomic E-state index is 1.14. The second-order valence-corrected chi connectivity index (χ2v) is 3.90. The standard InChI is InChI=1S/C15H12N2/c1-3-14(11-16-9-1)12-5-7-13(8-6-12)15-4-2-10-17-15/h1-11,17H. The SMILES string of the molecule is c1cncc(-c2ccc(-c3ccc[nH]3)cc2)c1. The summed E-state index contributed by atoms with van der Waals surface area (Å²) >= 11 is 0. The molecule has 0 fully saturated rings. The lowest BCUT2D eigenvalue weighted by molar-refractivity contribution is 1.33. The zero-order valence-corrected chi connectivity index (χ0v) is 9.30. The van der Waals surface area contributed by atoms with E-state index in [1.165, 1.54) is 11.1 Å². The van der Waals surface area contributed by atoms with Gasteiger partial charge in [-0.25, -0.2) is 0 Å². The van der Waals surface area contributed by atoms with Gasteiger partial charge in [0.05, 0.1) is 0 Å². The Labute approximate surface area is 100.0 Å². The maximum atomic E-state index is 4.13. The van der Waals surface area contributed by atoms with Crippen LogP contribution in [0.15, 0.2) is 67.1 Å². The third-order valence-electron chi connectivity index (χ3n) is 2.79. The molecule has 0 aliphatic carbocycles. The lowest BCUT2D eigenvalue weighted by Gasteiger charge is -2.02. The van der Waals surface area contributed by atoms with E-state index in [0.29, 0.717) is 0 Å². The highest BCUT2D eigenvalue weighted by molar-refractivity contribution is 5.68. The van der Waals surface area contributed by atoms with E-state index < -0.39 is 0 Å². The van der Waals surface area contributed by atoms with E-state index in [4.69, 9.17) is 0 Å². The van der Waals surface area contributed by atoms with Crippen LogP contribution in [-0.2, 0) is 0 Å². The van der Waals surface area contributed by atoms with Crippen LogP contribution in [0.1, 0.15) is 0 Å². The molecule has 1 aromatic carbocycles. The van der Waals surface area contributed by atoms with E-state index in [9.17, 15) is 0 Å². The molecule has 2 heterocycles. The van der Waals surface area contributed by atoms with Gasteiger partial charge in [-0.2, -0.15) is 0 Å². The number of hydrogen-bond acceptors (Lipinski definition) is 1. The molecule has 3 rings (SSSR count). The Morgan fingerprint density at radius 3 is 2.24 bits per heavy atom. The quantitative estimate of drug-likeness (QED) is 0.700. The van der Waals surface area contributed by atoms with Gasteiger partial charge in [0.25, 0.3) is 0 Å². The van der Waals surface area contributed by atoms with Crippen molar-refractivity contribution in [2.24, 2.45) is 0 Å². The fourth-order valence-corrected chi connectivity index (χ4v) is 1.89. The van der Waals surface area contributed by atoms with Crippen molar-refractivity contribution in [3.63, 3.8) is 0 Å². The maximum absolute atomic E-state index is 4.13. The first-order valence-corrected chi connectivity index (χ1v) is 5.58. The summed E-state index contributed by atoms with van der Waals surface area (Å²) in [6, 6.07) is 16.6. The Balaban J connectivity index is 1.96. The number of nitrogens with one attached hydrogen (secondary N) is 1. The van der Waals surface area contributed by atoms with Gasteiger partial charge in [0.1, 0.15) is 0 Å². The molecule has 2 nitrogen and oxygen atoms in total.